The van der Waals surface area contributed by atoms with Gasteiger partial charge in [0, 0.05) is 38.2 Å². The smallest absolute Gasteiger partial charge is 0.227 e. The van der Waals surface area contributed by atoms with Crippen LogP contribution >= 0.6 is 0 Å². The van der Waals surface area contributed by atoms with Crippen LogP contribution in [0.25, 0.3) is 0 Å². The minimum absolute atomic E-state index is 0.0426. The third-order valence-corrected chi connectivity index (χ3v) is 6.33. The normalized spacial score (nSPS) is 23.6. The number of ether oxygens (including phenoxy) is 2. The van der Waals surface area contributed by atoms with Gasteiger partial charge >= 0.3 is 0 Å². The zero-order valence-electron chi connectivity index (χ0n) is 16.5. The van der Waals surface area contributed by atoms with E-state index in [0.717, 1.165) is 30.6 Å². The van der Waals surface area contributed by atoms with Gasteiger partial charge in [-0.05, 0) is 30.9 Å². The monoisotopic (exact) mass is 384 g/mol. The Hall–Kier alpha value is -2.34. The Balaban J connectivity index is 1.47. The largest absolute Gasteiger partial charge is 0.496 e. The summed E-state index contributed by atoms with van der Waals surface area (Å²) in [6.07, 6.45) is 4.41. The van der Waals surface area contributed by atoms with Crippen LogP contribution in [0.3, 0.4) is 0 Å². The van der Waals surface area contributed by atoms with Crippen LogP contribution in [0, 0.1) is 5.92 Å². The number of benzene rings is 1. The molecule has 0 N–H and O–H groups in total. The number of fused-ring (bicyclic) bond motifs is 2. The Morgan fingerprint density at radius 3 is 2.89 bits per heavy atom. The van der Waals surface area contributed by atoms with Crippen LogP contribution in [-0.4, -0.2) is 61.5 Å². The SMILES string of the molecule is C=CCN1CC(C(=O)N2CCC3(CC2)OCCc2cccc(OC)c23)CC1=O. The molecule has 6 nitrogen and oxygen atoms in total. The summed E-state index contributed by atoms with van der Waals surface area (Å²) in [6.45, 7) is 6.67. The van der Waals surface area contributed by atoms with Crippen LogP contribution in [0.5, 0.6) is 5.75 Å². The first-order valence-electron chi connectivity index (χ1n) is 10.1. The number of nitrogens with zero attached hydrogens (tertiary/aromatic N) is 2. The molecule has 0 aromatic heterocycles. The number of likely N-dealkylation sites (tertiary alicyclic amines) is 2. The van der Waals surface area contributed by atoms with E-state index in [1.165, 1.54) is 5.56 Å². The highest BCUT2D eigenvalue weighted by molar-refractivity contribution is 5.89. The first-order chi connectivity index (χ1) is 13.6. The second-order valence-electron chi connectivity index (χ2n) is 7.90. The van der Waals surface area contributed by atoms with Gasteiger partial charge in [-0.3, -0.25) is 9.59 Å². The zero-order valence-corrected chi connectivity index (χ0v) is 16.5. The zero-order chi connectivity index (χ0) is 19.7. The van der Waals surface area contributed by atoms with E-state index in [-0.39, 0.29) is 23.3 Å². The first kappa shape index (κ1) is 19.0. The maximum atomic E-state index is 13.0. The molecule has 0 aliphatic carbocycles. The highest BCUT2D eigenvalue weighted by atomic mass is 16.5. The van der Waals surface area contributed by atoms with Gasteiger partial charge in [0.15, 0.2) is 0 Å². The van der Waals surface area contributed by atoms with E-state index >= 15 is 0 Å². The van der Waals surface area contributed by atoms with Crippen molar-refractivity contribution >= 4 is 11.8 Å². The van der Waals surface area contributed by atoms with E-state index in [0.29, 0.717) is 39.2 Å². The summed E-state index contributed by atoms with van der Waals surface area (Å²) < 4.78 is 11.9. The highest BCUT2D eigenvalue weighted by Gasteiger charge is 2.45. The van der Waals surface area contributed by atoms with E-state index in [9.17, 15) is 9.59 Å². The number of hydrogen-bond donors (Lipinski definition) is 0. The van der Waals surface area contributed by atoms with Crippen LogP contribution < -0.4 is 4.74 Å². The number of carbonyl (C=O) groups excluding carboxylic acids is 2. The summed E-state index contributed by atoms with van der Waals surface area (Å²) in [5.74, 6) is 0.765. The topological polar surface area (TPSA) is 59.1 Å². The van der Waals surface area contributed by atoms with Crippen molar-refractivity contribution in [2.75, 3.05) is 39.9 Å². The van der Waals surface area contributed by atoms with Crippen molar-refractivity contribution < 1.29 is 19.1 Å². The predicted octanol–water partition coefficient (Wildman–Crippen LogP) is 2.12. The lowest BCUT2D eigenvalue weighted by Crippen LogP contribution is -2.50. The third kappa shape index (κ3) is 3.20. The third-order valence-electron chi connectivity index (χ3n) is 6.33. The Morgan fingerprint density at radius 1 is 1.39 bits per heavy atom. The van der Waals surface area contributed by atoms with E-state index in [2.05, 4.69) is 12.6 Å². The lowest BCUT2D eigenvalue weighted by molar-refractivity contribution is -0.144. The lowest BCUT2D eigenvalue weighted by Gasteiger charge is -2.45. The Bertz CT molecular complexity index is 768. The number of amides is 2. The van der Waals surface area contributed by atoms with Gasteiger partial charge in [-0.1, -0.05) is 18.2 Å². The van der Waals surface area contributed by atoms with Gasteiger partial charge in [-0.15, -0.1) is 6.58 Å². The molecule has 1 atom stereocenters. The number of methoxy groups -OCH3 is 1. The first-order valence-corrected chi connectivity index (χ1v) is 10.1. The average Bonchev–Trinajstić information content (AvgIpc) is 3.08. The quantitative estimate of drug-likeness (QED) is 0.746. The van der Waals surface area contributed by atoms with Crippen LogP contribution in [-0.2, 0) is 26.3 Å². The molecule has 3 aliphatic heterocycles. The molecule has 1 aromatic rings. The molecule has 28 heavy (non-hydrogen) atoms. The van der Waals surface area contributed by atoms with Crippen molar-refractivity contribution in [1.82, 2.24) is 9.80 Å². The maximum absolute atomic E-state index is 13.0. The molecular formula is C22H28N2O4. The highest BCUT2D eigenvalue weighted by Crippen LogP contribution is 2.46. The Labute approximate surface area is 166 Å². The molecule has 6 heteroatoms. The fourth-order valence-electron chi connectivity index (χ4n) is 4.91. The van der Waals surface area contributed by atoms with Crippen molar-refractivity contribution in [3.8, 4) is 5.75 Å². The van der Waals surface area contributed by atoms with E-state index < -0.39 is 0 Å². The molecule has 4 rings (SSSR count). The van der Waals surface area contributed by atoms with Gasteiger partial charge in [-0.2, -0.15) is 0 Å². The molecular weight excluding hydrogens is 356 g/mol. The van der Waals surface area contributed by atoms with E-state index in [1.807, 2.05) is 17.0 Å². The molecule has 150 valence electrons. The van der Waals surface area contributed by atoms with Gasteiger partial charge in [0.2, 0.25) is 11.8 Å². The van der Waals surface area contributed by atoms with Crippen molar-refractivity contribution in [1.29, 1.82) is 0 Å². The molecule has 3 aliphatic rings. The van der Waals surface area contributed by atoms with Gasteiger partial charge in [0.25, 0.3) is 0 Å². The summed E-state index contributed by atoms with van der Waals surface area (Å²) >= 11 is 0. The minimum atomic E-state index is -0.378. The van der Waals surface area contributed by atoms with Crippen LogP contribution in [0.1, 0.15) is 30.4 Å². The van der Waals surface area contributed by atoms with Crippen molar-refractivity contribution in [3.05, 3.63) is 42.0 Å². The van der Waals surface area contributed by atoms with Crippen molar-refractivity contribution in [3.63, 3.8) is 0 Å². The summed E-state index contributed by atoms with van der Waals surface area (Å²) in [4.78, 5) is 28.7. The minimum Gasteiger partial charge on any atom is -0.496 e. The summed E-state index contributed by atoms with van der Waals surface area (Å²) in [5, 5.41) is 0. The van der Waals surface area contributed by atoms with Crippen LogP contribution in [0.4, 0.5) is 0 Å². The van der Waals surface area contributed by atoms with Gasteiger partial charge in [0.05, 0.1) is 19.6 Å². The maximum Gasteiger partial charge on any atom is 0.227 e. The Kier molecular flexibility index (Phi) is 5.15. The molecule has 0 bridgehead atoms. The number of hydrogen-bond acceptors (Lipinski definition) is 4. The molecule has 1 spiro atoms. The van der Waals surface area contributed by atoms with Gasteiger partial charge < -0.3 is 19.3 Å². The Morgan fingerprint density at radius 2 is 2.18 bits per heavy atom. The molecule has 0 saturated carbocycles. The van der Waals surface area contributed by atoms with Crippen molar-refractivity contribution in [2.45, 2.75) is 31.3 Å². The van der Waals surface area contributed by atoms with Crippen molar-refractivity contribution in [2.24, 2.45) is 5.92 Å². The second-order valence-corrected chi connectivity index (χ2v) is 7.90. The van der Waals surface area contributed by atoms with Gasteiger partial charge in [-0.25, -0.2) is 0 Å². The fraction of sp³-hybridized carbons (Fsp3) is 0.545. The molecule has 2 amide bonds. The molecule has 2 saturated heterocycles. The summed E-state index contributed by atoms with van der Waals surface area (Å²) in [5.41, 5.74) is 2.06. The summed E-state index contributed by atoms with van der Waals surface area (Å²) in [7, 11) is 1.70. The van der Waals surface area contributed by atoms with Crippen LogP contribution in [0.15, 0.2) is 30.9 Å². The van der Waals surface area contributed by atoms with E-state index in [4.69, 9.17) is 9.47 Å². The average molecular weight is 384 g/mol. The number of rotatable bonds is 4. The molecule has 1 unspecified atom stereocenters. The second kappa shape index (κ2) is 7.59. The molecule has 0 radical (unpaired) electrons. The lowest BCUT2D eigenvalue weighted by atomic mass is 9.78. The van der Waals surface area contributed by atoms with Gasteiger partial charge in [0.1, 0.15) is 11.4 Å². The standard InChI is InChI=1S/C22H28N2O4/c1-3-10-24-15-17(14-19(24)25)21(26)23-11-8-22(9-12-23)20-16(7-13-28-22)5-4-6-18(20)27-2/h3-6,17H,1,7-15H2,2H3. The predicted molar refractivity (Wildman–Crippen MR) is 105 cm³/mol. The molecule has 3 heterocycles. The number of carbonyl (C=O) groups is 2. The fourth-order valence-corrected chi connectivity index (χ4v) is 4.91. The molecule has 1 aromatic carbocycles. The van der Waals surface area contributed by atoms with E-state index in [1.54, 1.807) is 18.1 Å². The van der Waals surface area contributed by atoms with Crippen LogP contribution in [0.2, 0.25) is 0 Å². The molecule has 2 fully saturated rings. The number of piperidine rings is 1. The summed E-state index contributed by atoms with van der Waals surface area (Å²) in [6, 6.07) is 6.17.